The Labute approximate surface area is 193 Å². The Balaban J connectivity index is 1.77. The fourth-order valence-electron chi connectivity index (χ4n) is 3.20. The first-order chi connectivity index (χ1) is 15.1. The Morgan fingerprint density at radius 1 is 1.12 bits per heavy atom. The summed E-state index contributed by atoms with van der Waals surface area (Å²) in [6.07, 6.45) is 1.21. The molecule has 3 nitrogen and oxygen atoms in total. The quantitative estimate of drug-likeness (QED) is 0.414. The SMILES string of the molecule is Cc1cc(C=CC(c2cc(Cl)cc(Cl)c2)C(F)(F)F)ccc1C(=O)NCc1cccnc1. The van der Waals surface area contributed by atoms with Crippen LogP contribution in [0.5, 0.6) is 0 Å². The lowest BCUT2D eigenvalue weighted by Gasteiger charge is -2.18. The third-order valence-electron chi connectivity index (χ3n) is 4.75. The van der Waals surface area contributed by atoms with Crippen LogP contribution in [0.2, 0.25) is 10.0 Å². The number of aromatic nitrogens is 1. The molecule has 1 heterocycles. The highest BCUT2D eigenvalue weighted by Gasteiger charge is 2.39. The molecule has 166 valence electrons. The van der Waals surface area contributed by atoms with Gasteiger partial charge in [-0.2, -0.15) is 13.2 Å². The number of rotatable bonds is 6. The average molecular weight is 479 g/mol. The first kappa shape index (κ1) is 23.8. The van der Waals surface area contributed by atoms with Gasteiger partial charge in [0.2, 0.25) is 0 Å². The van der Waals surface area contributed by atoms with E-state index < -0.39 is 12.1 Å². The summed E-state index contributed by atoms with van der Waals surface area (Å²) < 4.78 is 41.0. The van der Waals surface area contributed by atoms with Crippen molar-refractivity contribution in [3.05, 3.63) is 105 Å². The van der Waals surface area contributed by atoms with Crippen molar-refractivity contribution in [3.8, 4) is 0 Å². The maximum Gasteiger partial charge on any atom is 0.399 e. The molecular weight excluding hydrogens is 460 g/mol. The fraction of sp³-hybridized carbons (Fsp3) is 0.167. The van der Waals surface area contributed by atoms with Gasteiger partial charge in [-0.05, 0) is 59.5 Å². The van der Waals surface area contributed by atoms with Gasteiger partial charge in [0.25, 0.3) is 5.91 Å². The summed E-state index contributed by atoms with van der Waals surface area (Å²) in [5, 5.41) is 3.07. The number of amides is 1. The molecule has 1 unspecified atom stereocenters. The Hall–Kier alpha value is -2.83. The molecule has 3 aromatic rings. The summed E-state index contributed by atoms with van der Waals surface area (Å²) >= 11 is 11.8. The second kappa shape index (κ2) is 10.2. The first-order valence-electron chi connectivity index (χ1n) is 9.62. The van der Waals surface area contributed by atoms with Gasteiger partial charge in [-0.15, -0.1) is 0 Å². The van der Waals surface area contributed by atoms with Crippen LogP contribution in [0.3, 0.4) is 0 Å². The van der Waals surface area contributed by atoms with Crippen molar-refractivity contribution in [2.75, 3.05) is 0 Å². The minimum absolute atomic E-state index is 0.0469. The lowest BCUT2D eigenvalue weighted by Crippen LogP contribution is -2.23. The van der Waals surface area contributed by atoms with Gasteiger partial charge in [0, 0.05) is 34.5 Å². The molecule has 0 fully saturated rings. The largest absolute Gasteiger partial charge is 0.399 e. The highest BCUT2D eigenvalue weighted by molar-refractivity contribution is 6.34. The van der Waals surface area contributed by atoms with Gasteiger partial charge in [-0.25, -0.2) is 0 Å². The summed E-state index contributed by atoms with van der Waals surface area (Å²) in [4.78, 5) is 16.5. The minimum Gasteiger partial charge on any atom is -0.348 e. The molecule has 1 N–H and O–H groups in total. The molecule has 0 saturated heterocycles. The van der Waals surface area contributed by atoms with Crippen LogP contribution in [0.25, 0.3) is 6.08 Å². The Morgan fingerprint density at radius 2 is 1.84 bits per heavy atom. The van der Waals surface area contributed by atoms with Gasteiger partial charge >= 0.3 is 6.18 Å². The van der Waals surface area contributed by atoms with Gasteiger partial charge in [-0.3, -0.25) is 9.78 Å². The van der Waals surface area contributed by atoms with E-state index in [1.165, 1.54) is 24.3 Å². The van der Waals surface area contributed by atoms with E-state index in [9.17, 15) is 18.0 Å². The zero-order chi connectivity index (χ0) is 23.3. The van der Waals surface area contributed by atoms with Crippen molar-refractivity contribution in [1.82, 2.24) is 10.3 Å². The van der Waals surface area contributed by atoms with E-state index in [4.69, 9.17) is 23.2 Å². The van der Waals surface area contributed by atoms with Crippen LogP contribution < -0.4 is 5.32 Å². The lowest BCUT2D eigenvalue weighted by atomic mass is 9.96. The second-order valence-electron chi connectivity index (χ2n) is 7.20. The Morgan fingerprint density at radius 3 is 2.44 bits per heavy atom. The number of carbonyl (C=O) groups excluding carboxylic acids is 1. The van der Waals surface area contributed by atoms with Gasteiger partial charge in [0.1, 0.15) is 0 Å². The number of pyridine rings is 1. The van der Waals surface area contributed by atoms with Crippen molar-refractivity contribution < 1.29 is 18.0 Å². The molecule has 3 rings (SSSR count). The monoisotopic (exact) mass is 478 g/mol. The van der Waals surface area contributed by atoms with E-state index in [2.05, 4.69) is 10.3 Å². The van der Waals surface area contributed by atoms with Crippen LogP contribution in [0, 0.1) is 6.92 Å². The summed E-state index contributed by atoms with van der Waals surface area (Å²) in [7, 11) is 0. The summed E-state index contributed by atoms with van der Waals surface area (Å²) in [5.41, 5.74) is 2.44. The number of aryl methyl sites for hydroxylation is 1. The highest BCUT2D eigenvalue weighted by Crippen LogP contribution is 2.38. The smallest absolute Gasteiger partial charge is 0.348 e. The number of hydrogen-bond donors (Lipinski definition) is 1. The van der Waals surface area contributed by atoms with Crippen LogP contribution >= 0.6 is 23.2 Å². The number of benzene rings is 2. The van der Waals surface area contributed by atoms with Crippen LogP contribution in [0.15, 0.2) is 67.0 Å². The summed E-state index contributed by atoms with van der Waals surface area (Å²) in [5.74, 6) is -2.15. The molecule has 0 aliphatic carbocycles. The average Bonchev–Trinajstić information content (AvgIpc) is 2.71. The van der Waals surface area contributed by atoms with Crippen LogP contribution in [-0.4, -0.2) is 17.1 Å². The van der Waals surface area contributed by atoms with E-state index in [1.807, 2.05) is 6.07 Å². The molecule has 0 radical (unpaired) electrons. The van der Waals surface area contributed by atoms with Crippen LogP contribution in [0.1, 0.15) is 38.5 Å². The number of hydrogen-bond acceptors (Lipinski definition) is 2. The zero-order valence-corrected chi connectivity index (χ0v) is 18.5. The fourth-order valence-corrected chi connectivity index (χ4v) is 3.74. The molecule has 1 amide bonds. The molecule has 32 heavy (non-hydrogen) atoms. The minimum atomic E-state index is -4.52. The molecule has 0 saturated carbocycles. The molecule has 8 heteroatoms. The summed E-state index contributed by atoms with van der Waals surface area (Å²) in [6, 6.07) is 12.3. The topological polar surface area (TPSA) is 42.0 Å². The van der Waals surface area contributed by atoms with E-state index in [0.29, 0.717) is 23.2 Å². The van der Waals surface area contributed by atoms with E-state index in [1.54, 1.807) is 43.6 Å². The van der Waals surface area contributed by atoms with Crippen molar-refractivity contribution in [2.45, 2.75) is 25.6 Å². The predicted octanol–water partition coefficient (Wildman–Crippen LogP) is 6.99. The Bertz CT molecular complexity index is 1110. The maximum absolute atomic E-state index is 13.7. The molecule has 0 aliphatic rings. The number of carbonyl (C=O) groups is 1. The van der Waals surface area contributed by atoms with Crippen LogP contribution in [0.4, 0.5) is 13.2 Å². The third kappa shape index (κ3) is 6.34. The second-order valence-corrected chi connectivity index (χ2v) is 8.07. The van der Waals surface area contributed by atoms with E-state index >= 15 is 0 Å². The van der Waals surface area contributed by atoms with Gasteiger partial charge in [0.15, 0.2) is 0 Å². The zero-order valence-electron chi connectivity index (χ0n) is 17.0. The van der Waals surface area contributed by atoms with Gasteiger partial charge in [0.05, 0.1) is 5.92 Å². The summed E-state index contributed by atoms with van der Waals surface area (Å²) in [6.45, 7) is 2.05. The van der Waals surface area contributed by atoms with Crippen molar-refractivity contribution in [1.29, 1.82) is 0 Å². The molecule has 1 aromatic heterocycles. The molecule has 0 spiro atoms. The first-order valence-corrected chi connectivity index (χ1v) is 10.4. The van der Waals surface area contributed by atoms with Crippen LogP contribution in [-0.2, 0) is 6.54 Å². The predicted molar refractivity (Wildman–Crippen MR) is 121 cm³/mol. The standard InChI is InChI=1S/C24H19Cl2F3N2O/c1-15-9-16(4-6-21(15)23(32)31-14-17-3-2-8-30-13-17)5-7-22(24(27,28)29)18-10-19(25)12-20(26)11-18/h2-13,22H,14H2,1H3,(H,31,32). The van der Waals surface area contributed by atoms with Gasteiger partial charge in [-0.1, -0.05) is 53.6 Å². The number of nitrogens with one attached hydrogen (secondary N) is 1. The number of alkyl halides is 3. The van der Waals surface area contributed by atoms with Crippen molar-refractivity contribution in [3.63, 3.8) is 0 Å². The molecule has 0 bridgehead atoms. The molecular formula is C24H19Cl2F3N2O. The number of nitrogens with zero attached hydrogens (tertiary/aromatic N) is 1. The van der Waals surface area contributed by atoms with Crippen molar-refractivity contribution in [2.24, 2.45) is 0 Å². The van der Waals surface area contributed by atoms with Gasteiger partial charge < -0.3 is 5.32 Å². The Kier molecular flexibility index (Phi) is 7.59. The van der Waals surface area contributed by atoms with E-state index in [-0.39, 0.29) is 21.5 Å². The molecule has 2 aromatic carbocycles. The molecule has 0 aliphatic heterocycles. The third-order valence-corrected chi connectivity index (χ3v) is 5.19. The van der Waals surface area contributed by atoms with Crippen molar-refractivity contribution >= 4 is 35.2 Å². The number of halogens is 5. The normalized spacial score (nSPS) is 12.7. The maximum atomic E-state index is 13.7. The highest BCUT2D eigenvalue weighted by atomic mass is 35.5. The molecule has 1 atom stereocenters. The lowest BCUT2D eigenvalue weighted by molar-refractivity contribution is -0.139. The number of allylic oxidation sites excluding steroid dienone is 1. The van der Waals surface area contributed by atoms with E-state index in [0.717, 1.165) is 11.6 Å².